The molecule has 0 bridgehead atoms. The van der Waals surface area contributed by atoms with Crippen LogP contribution in [-0.4, -0.2) is 21.4 Å². The van der Waals surface area contributed by atoms with Gasteiger partial charge in [0.05, 0.1) is 6.33 Å². The molecule has 0 saturated carbocycles. The fourth-order valence-corrected chi connectivity index (χ4v) is 3.57. The lowest BCUT2D eigenvalue weighted by Gasteiger charge is -2.22. The van der Waals surface area contributed by atoms with Crippen LogP contribution in [0.15, 0.2) is 95.9 Å². The third-order valence-corrected chi connectivity index (χ3v) is 5.42. The van der Waals surface area contributed by atoms with Gasteiger partial charge in [-0.05, 0) is 53.9 Å². The van der Waals surface area contributed by atoms with Crippen molar-refractivity contribution in [1.29, 1.82) is 0 Å². The molecule has 152 valence electrons. The number of imidazole rings is 1. The summed E-state index contributed by atoms with van der Waals surface area (Å²) in [5.41, 5.74) is 3.71. The van der Waals surface area contributed by atoms with E-state index in [4.69, 9.17) is 4.74 Å². The van der Waals surface area contributed by atoms with Crippen molar-refractivity contribution < 1.29 is 4.74 Å². The highest BCUT2D eigenvalue weighted by Crippen LogP contribution is 2.22. The molecule has 1 aromatic heterocycles. The number of para-hydroxylation sites is 1. The zero-order chi connectivity index (χ0) is 20.6. The number of rotatable bonds is 9. The van der Waals surface area contributed by atoms with Crippen molar-refractivity contribution in [2.24, 2.45) is 0 Å². The lowest BCUT2D eigenvalue weighted by molar-refractivity contribution is 0.257. The van der Waals surface area contributed by atoms with Gasteiger partial charge in [0.15, 0.2) is 0 Å². The summed E-state index contributed by atoms with van der Waals surface area (Å²) in [5, 5.41) is 0. The Balaban J connectivity index is 1.40. The minimum absolute atomic E-state index is 0.832. The van der Waals surface area contributed by atoms with Gasteiger partial charge < -0.3 is 9.72 Å². The minimum atomic E-state index is 0.832. The molecule has 0 amide bonds. The fourth-order valence-electron chi connectivity index (χ4n) is 3.31. The van der Waals surface area contributed by atoms with Gasteiger partial charge in [0.25, 0.3) is 0 Å². The Bertz CT molecular complexity index is 1020. The van der Waals surface area contributed by atoms with Crippen molar-refractivity contribution in [2.45, 2.75) is 19.5 Å². The largest absolute Gasteiger partial charge is 0.457 e. The molecule has 4 nitrogen and oxygen atoms in total. The Morgan fingerprint density at radius 2 is 1.50 bits per heavy atom. The average Bonchev–Trinajstić information content (AvgIpc) is 3.28. The van der Waals surface area contributed by atoms with Gasteiger partial charge in [-0.15, -0.1) is 0 Å². The molecule has 1 heterocycles. The molecule has 3 aromatic carbocycles. The van der Waals surface area contributed by atoms with Crippen LogP contribution in [0.5, 0.6) is 11.5 Å². The van der Waals surface area contributed by atoms with Crippen molar-refractivity contribution in [3.05, 3.63) is 113 Å². The van der Waals surface area contributed by atoms with Gasteiger partial charge in [0, 0.05) is 36.0 Å². The molecule has 0 fully saturated rings. The predicted octanol–water partition coefficient (Wildman–Crippen LogP) is 6.21. The summed E-state index contributed by atoms with van der Waals surface area (Å²) in [6.45, 7) is 2.66. The normalized spacial score (nSPS) is 11.0. The number of halogens is 1. The monoisotopic (exact) mass is 461 g/mol. The first-order chi connectivity index (χ1) is 14.7. The third kappa shape index (κ3) is 6.05. The maximum Gasteiger partial charge on any atom is 0.127 e. The van der Waals surface area contributed by atoms with Gasteiger partial charge in [0.1, 0.15) is 11.5 Å². The van der Waals surface area contributed by atoms with E-state index in [-0.39, 0.29) is 0 Å². The van der Waals surface area contributed by atoms with E-state index >= 15 is 0 Å². The van der Waals surface area contributed by atoms with E-state index < -0.39 is 0 Å². The Labute approximate surface area is 185 Å². The second-order valence-corrected chi connectivity index (χ2v) is 8.14. The second-order valence-electron chi connectivity index (χ2n) is 7.22. The van der Waals surface area contributed by atoms with Crippen LogP contribution in [0.1, 0.15) is 16.8 Å². The first-order valence-corrected chi connectivity index (χ1v) is 10.8. The number of nitrogens with zero attached hydrogens (tertiary/aromatic N) is 2. The number of aromatic amines is 1. The summed E-state index contributed by atoms with van der Waals surface area (Å²) < 4.78 is 7.02. The van der Waals surface area contributed by atoms with Gasteiger partial charge in [-0.25, -0.2) is 4.98 Å². The summed E-state index contributed by atoms with van der Waals surface area (Å²) >= 11 is 3.50. The molecule has 0 aliphatic rings. The first-order valence-electron chi connectivity index (χ1n) is 10.0. The van der Waals surface area contributed by atoms with Crippen LogP contribution in [0.4, 0.5) is 0 Å². The van der Waals surface area contributed by atoms with Crippen LogP contribution >= 0.6 is 15.9 Å². The first kappa shape index (κ1) is 20.4. The standard InChI is InChI=1S/C25H24BrN3O/c26-22-10-6-20(7-11-22)14-15-29(18-23-16-27-19-28-23)17-21-8-12-25(13-9-21)30-24-4-2-1-3-5-24/h1-13,16,19H,14-15,17-18H2,(H,27,28). The maximum atomic E-state index is 5.91. The number of hydrogen-bond acceptors (Lipinski definition) is 3. The quantitative estimate of drug-likeness (QED) is 0.322. The Hall–Kier alpha value is -2.89. The topological polar surface area (TPSA) is 41.1 Å². The molecule has 4 aromatic rings. The fraction of sp³-hybridized carbons (Fsp3) is 0.160. The number of nitrogens with one attached hydrogen (secondary N) is 1. The highest BCUT2D eigenvalue weighted by molar-refractivity contribution is 9.10. The Kier molecular flexibility index (Phi) is 6.95. The third-order valence-electron chi connectivity index (χ3n) is 4.89. The maximum absolute atomic E-state index is 5.91. The van der Waals surface area contributed by atoms with E-state index in [1.54, 1.807) is 6.33 Å². The van der Waals surface area contributed by atoms with Crippen LogP contribution in [0.3, 0.4) is 0 Å². The molecule has 0 unspecified atom stereocenters. The molecule has 0 aliphatic heterocycles. The second kappa shape index (κ2) is 10.2. The smallest absolute Gasteiger partial charge is 0.127 e. The number of benzene rings is 3. The molecule has 5 heteroatoms. The van der Waals surface area contributed by atoms with Crippen molar-refractivity contribution in [3.63, 3.8) is 0 Å². The Morgan fingerprint density at radius 3 is 2.20 bits per heavy atom. The number of aromatic nitrogens is 2. The zero-order valence-electron chi connectivity index (χ0n) is 16.7. The van der Waals surface area contributed by atoms with Gasteiger partial charge in [0.2, 0.25) is 0 Å². The molecule has 1 N–H and O–H groups in total. The number of ether oxygens (including phenoxy) is 1. The summed E-state index contributed by atoms with van der Waals surface area (Å²) in [4.78, 5) is 9.81. The molecule has 0 aliphatic carbocycles. The van der Waals surface area contributed by atoms with Gasteiger partial charge >= 0.3 is 0 Å². The molecule has 0 saturated heterocycles. The molecule has 0 spiro atoms. The van der Waals surface area contributed by atoms with E-state index in [0.717, 1.165) is 47.7 Å². The molecular formula is C25H24BrN3O. The van der Waals surface area contributed by atoms with Crippen LogP contribution in [0.25, 0.3) is 0 Å². The van der Waals surface area contributed by atoms with E-state index in [0.29, 0.717) is 0 Å². The summed E-state index contributed by atoms with van der Waals surface area (Å²) in [6.07, 6.45) is 4.62. The molecular weight excluding hydrogens is 438 g/mol. The van der Waals surface area contributed by atoms with E-state index in [9.17, 15) is 0 Å². The van der Waals surface area contributed by atoms with Gasteiger partial charge in [-0.1, -0.05) is 58.4 Å². The minimum Gasteiger partial charge on any atom is -0.457 e. The SMILES string of the molecule is Brc1ccc(CCN(Cc2ccc(Oc3ccccc3)cc2)Cc2cnc[nH]2)cc1. The lowest BCUT2D eigenvalue weighted by Crippen LogP contribution is -2.25. The molecule has 4 rings (SSSR count). The zero-order valence-corrected chi connectivity index (χ0v) is 18.3. The van der Waals surface area contributed by atoms with Crippen molar-refractivity contribution in [3.8, 4) is 11.5 Å². The highest BCUT2D eigenvalue weighted by Gasteiger charge is 2.09. The predicted molar refractivity (Wildman–Crippen MR) is 124 cm³/mol. The van der Waals surface area contributed by atoms with Crippen LogP contribution in [0.2, 0.25) is 0 Å². The Morgan fingerprint density at radius 1 is 0.800 bits per heavy atom. The van der Waals surface area contributed by atoms with Crippen LogP contribution in [0, 0.1) is 0 Å². The van der Waals surface area contributed by atoms with Crippen LogP contribution in [-0.2, 0) is 19.5 Å². The average molecular weight is 462 g/mol. The van der Waals surface area contributed by atoms with Gasteiger partial charge in [-0.3, -0.25) is 4.90 Å². The molecule has 30 heavy (non-hydrogen) atoms. The number of H-pyrrole nitrogens is 1. The summed E-state index contributed by atoms with van der Waals surface area (Å²) in [7, 11) is 0. The number of hydrogen-bond donors (Lipinski definition) is 1. The highest BCUT2D eigenvalue weighted by atomic mass is 79.9. The van der Waals surface area contributed by atoms with Crippen molar-refractivity contribution in [2.75, 3.05) is 6.54 Å². The van der Waals surface area contributed by atoms with Crippen molar-refractivity contribution in [1.82, 2.24) is 14.9 Å². The van der Waals surface area contributed by atoms with E-state index in [1.165, 1.54) is 11.1 Å². The van der Waals surface area contributed by atoms with Gasteiger partial charge in [-0.2, -0.15) is 0 Å². The summed E-state index contributed by atoms with van der Waals surface area (Å²) in [5.74, 6) is 1.69. The molecule has 0 atom stereocenters. The van der Waals surface area contributed by atoms with Crippen LogP contribution < -0.4 is 4.74 Å². The van der Waals surface area contributed by atoms with E-state index in [2.05, 4.69) is 67.2 Å². The van der Waals surface area contributed by atoms with Crippen molar-refractivity contribution >= 4 is 15.9 Å². The summed E-state index contributed by atoms with van der Waals surface area (Å²) in [6, 6.07) is 26.7. The lowest BCUT2D eigenvalue weighted by atomic mass is 10.1. The van der Waals surface area contributed by atoms with E-state index in [1.807, 2.05) is 48.7 Å². The molecule has 0 radical (unpaired) electrons.